The lowest BCUT2D eigenvalue weighted by atomic mass is 10.2. The topological polar surface area (TPSA) is 28.2 Å². The van der Waals surface area contributed by atoms with Gasteiger partial charge in [-0.15, -0.1) is 11.3 Å². The van der Waals surface area contributed by atoms with Crippen molar-refractivity contribution in [3.8, 4) is 0 Å². The van der Waals surface area contributed by atoms with Crippen LogP contribution in [0.5, 0.6) is 0 Å². The van der Waals surface area contributed by atoms with Crippen LogP contribution in [0, 0.1) is 19.8 Å². The molecule has 1 N–H and O–H groups in total. The van der Waals surface area contributed by atoms with E-state index in [-0.39, 0.29) is 0 Å². The summed E-state index contributed by atoms with van der Waals surface area (Å²) in [5, 5.41) is 4.44. The van der Waals surface area contributed by atoms with Crippen molar-refractivity contribution in [3.63, 3.8) is 0 Å². The number of thiazole rings is 1. The Morgan fingerprint density at radius 1 is 1.44 bits per heavy atom. The highest BCUT2D eigenvalue weighted by atomic mass is 32.1. The van der Waals surface area contributed by atoms with Crippen molar-refractivity contribution < 1.29 is 0 Å². The van der Waals surface area contributed by atoms with E-state index in [1.165, 1.54) is 15.6 Å². The van der Waals surface area contributed by atoms with Crippen molar-refractivity contribution in [2.45, 2.75) is 27.3 Å². The molecule has 1 aromatic heterocycles. The van der Waals surface area contributed by atoms with Crippen LogP contribution in [0.25, 0.3) is 0 Å². The summed E-state index contributed by atoms with van der Waals surface area (Å²) < 4.78 is 0. The maximum absolute atomic E-state index is 4.56. The third kappa shape index (κ3) is 4.20. The molecule has 4 heteroatoms. The van der Waals surface area contributed by atoms with Crippen LogP contribution < -0.4 is 5.32 Å². The molecular weight excluding hydrogens is 218 g/mol. The molecule has 0 amide bonds. The van der Waals surface area contributed by atoms with Gasteiger partial charge in [0.05, 0.1) is 12.2 Å². The number of hydrogen-bond acceptors (Lipinski definition) is 4. The molecule has 0 aromatic carbocycles. The van der Waals surface area contributed by atoms with Crippen molar-refractivity contribution in [2.24, 2.45) is 5.92 Å². The molecule has 92 valence electrons. The summed E-state index contributed by atoms with van der Waals surface area (Å²) in [7, 11) is 4.17. The zero-order valence-corrected chi connectivity index (χ0v) is 11.8. The summed E-state index contributed by atoms with van der Waals surface area (Å²) in [6.45, 7) is 9.64. The molecule has 0 aliphatic heterocycles. The summed E-state index contributed by atoms with van der Waals surface area (Å²) in [4.78, 5) is 8.25. The Bertz CT molecular complexity index is 303. The lowest BCUT2D eigenvalue weighted by molar-refractivity contribution is 0.276. The lowest BCUT2D eigenvalue weighted by Gasteiger charge is -2.19. The van der Waals surface area contributed by atoms with Gasteiger partial charge in [0.1, 0.15) is 5.01 Å². The monoisotopic (exact) mass is 241 g/mol. The quantitative estimate of drug-likeness (QED) is 0.826. The van der Waals surface area contributed by atoms with Gasteiger partial charge in [0.25, 0.3) is 0 Å². The molecular formula is C12H23N3S. The minimum atomic E-state index is 0.678. The summed E-state index contributed by atoms with van der Waals surface area (Å²) >= 11 is 1.81. The number of hydrogen-bond donors (Lipinski definition) is 1. The van der Waals surface area contributed by atoms with Gasteiger partial charge < -0.3 is 5.32 Å². The Kier molecular flexibility index (Phi) is 5.38. The van der Waals surface area contributed by atoms with Gasteiger partial charge in [-0.2, -0.15) is 0 Å². The first-order chi connectivity index (χ1) is 7.52. The zero-order chi connectivity index (χ0) is 12.1. The van der Waals surface area contributed by atoms with Gasteiger partial charge in [0.15, 0.2) is 0 Å². The van der Waals surface area contributed by atoms with Gasteiger partial charge in [-0.1, -0.05) is 6.92 Å². The van der Waals surface area contributed by atoms with Gasteiger partial charge in [-0.25, -0.2) is 4.98 Å². The minimum Gasteiger partial charge on any atom is -0.319 e. The van der Waals surface area contributed by atoms with E-state index in [0.717, 1.165) is 19.6 Å². The molecule has 0 radical (unpaired) electrons. The first kappa shape index (κ1) is 13.6. The Labute approximate surface area is 103 Å². The van der Waals surface area contributed by atoms with Crippen molar-refractivity contribution in [1.29, 1.82) is 0 Å². The highest BCUT2D eigenvalue weighted by Gasteiger charge is 2.09. The molecule has 3 nitrogen and oxygen atoms in total. The van der Waals surface area contributed by atoms with Gasteiger partial charge in [-0.3, -0.25) is 4.90 Å². The van der Waals surface area contributed by atoms with E-state index in [9.17, 15) is 0 Å². The molecule has 0 fully saturated rings. The molecule has 0 saturated carbocycles. The fourth-order valence-corrected chi connectivity index (χ4v) is 2.86. The van der Waals surface area contributed by atoms with Gasteiger partial charge in [-0.05, 0) is 40.4 Å². The smallest absolute Gasteiger partial charge is 0.107 e. The second kappa shape index (κ2) is 6.33. The van der Waals surface area contributed by atoms with Crippen LogP contribution in [-0.2, 0) is 6.54 Å². The second-order valence-electron chi connectivity index (χ2n) is 4.61. The zero-order valence-electron chi connectivity index (χ0n) is 11.0. The second-order valence-corrected chi connectivity index (χ2v) is 5.90. The standard InChI is InChI=1S/C12H23N3S/c1-9(6-13-4)7-15(5)8-12-14-10(2)11(3)16-12/h9,13H,6-8H2,1-5H3. The first-order valence-corrected chi connectivity index (χ1v) is 6.60. The maximum Gasteiger partial charge on any atom is 0.107 e. The Morgan fingerprint density at radius 2 is 2.12 bits per heavy atom. The molecule has 0 aliphatic rings. The molecule has 1 rings (SSSR count). The van der Waals surface area contributed by atoms with E-state index in [4.69, 9.17) is 0 Å². The average molecular weight is 241 g/mol. The SMILES string of the molecule is CNCC(C)CN(C)Cc1nc(C)c(C)s1. The molecule has 0 bridgehead atoms. The van der Waals surface area contributed by atoms with Crippen molar-refractivity contribution in [2.75, 3.05) is 27.2 Å². The lowest BCUT2D eigenvalue weighted by Crippen LogP contribution is -2.29. The van der Waals surface area contributed by atoms with Crippen LogP contribution in [0.2, 0.25) is 0 Å². The van der Waals surface area contributed by atoms with Crippen LogP contribution in [0.4, 0.5) is 0 Å². The Balaban J connectivity index is 2.42. The molecule has 1 heterocycles. The van der Waals surface area contributed by atoms with Gasteiger partial charge >= 0.3 is 0 Å². The van der Waals surface area contributed by atoms with Crippen LogP contribution in [0.3, 0.4) is 0 Å². The van der Waals surface area contributed by atoms with Crippen LogP contribution in [0.1, 0.15) is 22.5 Å². The fourth-order valence-electron chi connectivity index (χ4n) is 1.85. The normalized spacial score (nSPS) is 13.4. The van der Waals surface area contributed by atoms with Gasteiger partial charge in [0, 0.05) is 11.4 Å². The number of aryl methyl sites for hydroxylation is 2. The molecule has 1 unspecified atom stereocenters. The van der Waals surface area contributed by atoms with E-state index >= 15 is 0 Å². The number of aromatic nitrogens is 1. The van der Waals surface area contributed by atoms with E-state index < -0.39 is 0 Å². The summed E-state index contributed by atoms with van der Waals surface area (Å²) in [6.07, 6.45) is 0. The maximum atomic E-state index is 4.56. The molecule has 0 saturated heterocycles. The largest absolute Gasteiger partial charge is 0.319 e. The minimum absolute atomic E-state index is 0.678. The summed E-state index contributed by atoms with van der Waals surface area (Å²) in [5.41, 5.74) is 1.18. The van der Waals surface area contributed by atoms with E-state index in [0.29, 0.717) is 5.92 Å². The number of nitrogens with one attached hydrogen (secondary N) is 1. The summed E-state index contributed by atoms with van der Waals surface area (Å²) in [5.74, 6) is 0.678. The average Bonchev–Trinajstić information content (AvgIpc) is 2.45. The number of rotatable bonds is 6. The third-order valence-corrected chi connectivity index (χ3v) is 3.71. The predicted octanol–water partition coefficient (Wildman–Crippen LogP) is 2.05. The number of nitrogens with zero attached hydrogens (tertiary/aromatic N) is 2. The van der Waals surface area contributed by atoms with Gasteiger partial charge in [0.2, 0.25) is 0 Å². The molecule has 1 atom stereocenters. The van der Waals surface area contributed by atoms with Crippen molar-refractivity contribution in [1.82, 2.24) is 15.2 Å². The fraction of sp³-hybridized carbons (Fsp3) is 0.750. The van der Waals surface area contributed by atoms with Crippen molar-refractivity contribution >= 4 is 11.3 Å². The predicted molar refractivity (Wildman–Crippen MR) is 71.0 cm³/mol. The highest BCUT2D eigenvalue weighted by Crippen LogP contribution is 2.17. The first-order valence-electron chi connectivity index (χ1n) is 5.79. The van der Waals surface area contributed by atoms with E-state index in [1.807, 2.05) is 18.4 Å². The third-order valence-electron chi connectivity index (χ3n) is 2.65. The van der Waals surface area contributed by atoms with E-state index in [2.05, 4.69) is 43.0 Å². The van der Waals surface area contributed by atoms with Crippen LogP contribution in [-0.4, -0.2) is 37.1 Å². The summed E-state index contributed by atoms with van der Waals surface area (Å²) in [6, 6.07) is 0. The molecule has 0 spiro atoms. The highest BCUT2D eigenvalue weighted by molar-refractivity contribution is 7.11. The molecule has 1 aromatic rings. The van der Waals surface area contributed by atoms with Crippen LogP contribution in [0.15, 0.2) is 0 Å². The molecule has 16 heavy (non-hydrogen) atoms. The van der Waals surface area contributed by atoms with E-state index in [1.54, 1.807) is 0 Å². The Morgan fingerprint density at radius 3 is 2.62 bits per heavy atom. The van der Waals surface area contributed by atoms with Crippen molar-refractivity contribution in [3.05, 3.63) is 15.6 Å². The molecule has 0 aliphatic carbocycles. The Hall–Kier alpha value is -0.450. The van der Waals surface area contributed by atoms with Crippen LogP contribution >= 0.6 is 11.3 Å².